The van der Waals surface area contributed by atoms with Gasteiger partial charge in [0.25, 0.3) is 0 Å². The summed E-state index contributed by atoms with van der Waals surface area (Å²) in [6, 6.07) is 4.61. The van der Waals surface area contributed by atoms with E-state index < -0.39 is 5.82 Å². The second-order valence-corrected chi connectivity index (χ2v) is 3.98. The van der Waals surface area contributed by atoms with Crippen LogP contribution in [0.15, 0.2) is 18.2 Å². The van der Waals surface area contributed by atoms with E-state index in [2.05, 4.69) is 0 Å². The molecule has 86 valence electrons. The van der Waals surface area contributed by atoms with Gasteiger partial charge in [-0.15, -0.1) is 0 Å². The highest BCUT2D eigenvalue weighted by Crippen LogP contribution is 2.48. The molecule has 2 N–H and O–H groups in total. The van der Waals surface area contributed by atoms with E-state index in [4.69, 9.17) is 10.5 Å². The molecule has 1 aromatic rings. The Morgan fingerprint density at radius 3 is 3.00 bits per heavy atom. The van der Waals surface area contributed by atoms with Crippen molar-refractivity contribution >= 4 is 11.7 Å². The molecule has 4 heteroatoms. The lowest BCUT2D eigenvalue weighted by Crippen LogP contribution is -2.07. The van der Waals surface area contributed by atoms with Crippen LogP contribution in [0.4, 0.5) is 10.1 Å². The lowest BCUT2D eigenvalue weighted by atomic mass is 10.1. The Balaban J connectivity index is 2.06. The topological polar surface area (TPSA) is 52.3 Å². The van der Waals surface area contributed by atoms with Crippen molar-refractivity contribution in [3.05, 3.63) is 29.6 Å². The van der Waals surface area contributed by atoms with Gasteiger partial charge in [0.1, 0.15) is 5.82 Å². The summed E-state index contributed by atoms with van der Waals surface area (Å²) in [7, 11) is 0. The third-order valence-electron chi connectivity index (χ3n) is 2.83. The van der Waals surface area contributed by atoms with Crippen LogP contribution >= 0.6 is 0 Å². The fourth-order valence-electron chi connectivity index (χ4n) is 1.87. The number of nitrogen functional groups attached to an aromatic ring is 1. The molecule has 0 aliphatic heterocycles. The van der Waals surface area contributed by atoms with Crippen LogP contribution < -0.4 is 5.73 Å². The van der Waals surface area contributed by atoms with Crippen molar-refractivity contribution < 1.29 is 13.9 Å². The number of esters is 1. The molecule has 0 saturated heterocycles. The van der Waals surface area contributed by atoms with Crippen LogP contribution in [0.1, 0.15) is 24.8 Å². The van der Waals surface area contributed by atoms with Crippen LogP contribution in [0.3, 0.4) is 0 Å². The van der Waals surface area contributed by atoms with Gasteiger partial charge < -0.3 is 10.5 Å². The zero-order valence-electron chi connectivity index (χ0n) is 9.07. The second-order valence-electron chi connectivity index (χ2n) is 3.98. The number of carbonyl (C=O) groups excluding carboxylic acids is 1. The number of halogens is 1. The molecule has 0 amide bonds. The predicted octanol–water partition coefficient (Wildman–Crippen LogP) is 2.07. The van der Waals surface area contributed by atoms with Crippen molar-refractivity contribution in [3.8, 4) is 0 Å². The first-order valence-electron chi connectivity index (χ1n) is 5.35. The van der Waals surface area contributed by atoms with E-state index in [0.29, 0.717) is 6.61 Å². The molecule has 1 aliphatic carbocycles. The Morgan fingerprint density at radius 2 is 2.38 bits per heavy atom. The second kappa shape index (κ2) is 4.12. The lowest BCUT2D eigenvalue weighted by Gasteiger charge is -2.03. The predicted molar refractivity (Wildman–Crippen MR) is 58.3 cm³/mol. The SMILES string of the molecule is CCOC(=O)[C@@H]1C[C@H]1c1ccc(F)c(N)c1. The molecule has 1 saturated carbocycles. The quantitative estimate of drug-likeness (QED) is 0.630. The molecule has 1 aromatic carbocycles. The molecule has 3 nitrogen and oxygen atoms in total. The number of hydrogen-bond acceptors (Lipinski definition) is 3. The summed E-state index contributed by atoms with van der Waals surface area (Å²) in [4.78, 5) is 11.4. The zero-order chi connectivity index (χ0) is 11.7. The smallest absolute Gasteiger partial charge is 0.309 e. The van der Waals surface area contributed by atoms with Crippen LogP contribution in [0.25, 0.3) is 0 Å². The Bertz CT molecular complexity index is 419. The van der Waals surface area contributed by atoms with E-state index in [1.165, 1.54) is 6.07 Å². The Kier molecular flexibility index (Phi) is 2.81. The molecule has 1 aliphatic rings. The molecule has 2 atom stereocenters. The maximum atomic E-state index is 12.9. The molecule has 0 aromatic heterocycles. The van der Waals surface area contributed by atoms with Crippen molar-refractivity contribution in [2.45, 2.75) is 19.3 Å². The van der Waals surface area contributed by atoms with Gasteiger partial charge in [0.05, 0.1) is 18.2 Å². The Labute approximate surface area is 93.4 Å². The van der Waals surface area contributed by atoms with Gasteiger partial charge in [-0.05, 0) is 37.0 Å². The number of anilines is 1. The molecule has 2 rings (SSSR count). The van der Waals surface area contributed by atoms with Gasteiger partial charge in [-0.3, -0.25) is 4.79 Å². The van der Waals surface area contributed by atoms with Crippen LogP contribution in [0, 0.1) is 11.7 Å². The van der Waals surface area contributed by atoms with Gasteiger partial charge in [-0.2, -0.15) is 0 Å². The number of ether oxygens (including phenoxy) is 1. The molecular weight excluding hydrogens is 209 g/mol. The first kappa shape index (κ1) is 10.9. The molecule has 0 spiro atoms. The van der Waals surface area contributed by atoms with Gasteiger partial charge in [-0.1, -0.05) is 6.07 Å². The summed E-state index contributed by atoms with van der Waals surface area (Å²) in [5, 5.41) is 0. The van der Waals surface area contributed by atoms with E-state index in [9.17, 15) is 9.18 Å². The van der Waals surface area contributed by atoms with Gasteiger partial charge in [0, 0.05) is 0 Å². The summed E-state index contributed by atoms with van der Waals surface area (Å²) in [6.45, 7) is 2.18. The van der Waals surface area contributed by atoms with Gasteiger partial charge in [0.15, 0.2) is 0 Å². The minimum absolute atomic E-state index is 0.0789. The molecule has 0 bridgehead atoms. The van der Waals surface area contributed by atoms with Crippen LogP contribution in [0.2, 0.25) is 0 Å². The fraction of sp³-hybridized carbons (Fsp3) is 0.417. The Hall–Kier alpha value is -1.58. The lowest BCUT2D eigenvalue weighted by molar-refractivity contribution is -0.144. The highest BCUT2D eigenvalue weighted by Gasteiger charge is 2.45. The summed E-state index contributed by atoms with van der Waals surface area (Å²) in [5.41, 5.74) is 6.52. The van der Waals surface area contributed by atoms with Gasteiger partial charge in [-0.25, -0.2) is 4.39 Å². The maximum Gasteiger partial charge on any atom is 0.309 e. The van der Waals surface area contributed by atoms with E-state index in [1.807, 2.05) is 0 Å². The molecular formula is C12H14FNO2. The normalized spacial score (nSPS) is 22.9. The number of hydrogen-bond donors (Lipinski definition) is 1. The average Bonchev–Trinajstić information content (AvgIpc) is 3.02. The van der Waals surface area contributed by atoms with Crippen molar-refractivity contribution in [3.63, 3.8) is 0 Å². The number of carbonyl (C=O) groups is 1. The average molecular weight is 223 g/mol. The number of benzene rings is 1. The summed E-state index contributed by atoms with van der Waals surface area (Å²) in [5.74, 6) is -0.528. The minimum Gasteiger partial charge on any atom is -0.466 e. The molecule has 16 heavy (non-hydrogen) atoms. The first-order chi connectivity index (χ1) is 7.63. The highest BCUT2D eigenvalue weighted by molar-refractivity contribution is 5.77. The van der Waals surface area contributed by atoms with Gasteiger partial charge in [0.2, 0.25) is 0 Å². The van der Waals surface area contributed by atoms with Crippen LogP contribution in [-0.4, -0.2) is 12.6 Å². The standard InChI is InChI=1S/C12H14FNO2/c1-2-16-12(15)9-6-8(9)7-3-4-10(13)11(14)5-7/h3-5,8-9H,2,6,14H2,1H3/t8-,9+/m0/s1. The molecule has 0 radical (unpaired) electrons. The number of rotatable bonds is 3. The third kappa shape index (κ3) is 2.01. The maximum absolute atomic E-state index is 12.9. The summed E-state index contributed by atoms with van der Waals surface area (Å²) in [6.07, 6.45) is 0.768. The molecule has 0 heterocycles. The largest absolute Gasteiger partial charge is 0.466 e. The monoisotopic (exact) mass is 223 g/mol. The van der Waals surface area contributed by atoms with Crippen molar-refractivity contribution in [1.29, 1.82) is 0 Å². The Morgan fingerprint density at radius 1 is 1.62 bits per heavy atom. The van der Waals surface area contributed by atoms with Crippen LogP contribution in [0.5, 0.6) is 0 Å². The zero-order valence-corrected chi connectivity index (χ0v) is 9.07. The van der Waals surface area contributed by atoms with E-state index in [1.54, 1.807) is 19.1 Å². The summed E-state index contributed by atoms with van der Waals surface area (Å²) >= 11 is 0. The molecule has 0 unspecified atom stereocenters. The highest BCUT2D eigenvalue weighted by atomic mass is 19.1. The molecule has 1 fully saturated rings. The number of nitrogens with two attached hydrogens (primary N) is 1. The van der Waals surface area contributed by atoms with Crippen LogP contribution in [-0.2, 0) is 9.53 Å². The van der Waals surface area contributed by atoms with E-state index in [-0.39, 0.29) is 23.5 Å². The first-order valence-corrected chi connectivity index (χ1v) is 5.35. The summed E-state index contributed by atoms with van der Waals surface area (Å²) < 4.78 is 17.9. The third-order valence-corrected chi connectivity index (χ3v) is 2.83. The minimum atomic E-state index is -0.419. The van der Waals surface area contributed by atoms with Crippen molar-refractivity contribution in [2.24, 2.45) is 5.92 Å². The van der Waals surface area contributed by atoms with E-state index in [0.717, 1.165) is 12.0 Å². The fourth-order valence-corrected chi connectivity index (χ4v) is 1.87. The van der Waals surface area contributed by atoms with E-state index >= 15 is 0 Å². The van der Waals surface area contributed by atoms with Gasteiger partial charge >= 0.3 is 5.97 Å². The van der Waals surface area contributed by atoms with Crippen molar-refractivity contribution in [2.75, 3.05) is 12.3 Å². The van der Waals surface area contributed by atoms with Crippen molar-refractivity contribution in [1.82, 2.24) is 0 Å².